The minimum atomic E-state index is -0.265. The summed E-state index contributed by atoms with van der Waals surface area (Å²) >= 11 is 0. The molecule has 1 aromatic rings. The number of hydrogen-bond acceptors (Lipinski definition) is 3. The van der Waals surface area contributed by atoms with E-state index in [-0.39, 0.29) is 18.3 Å². The summed E-state index contributed by atoms with van der Waals surface area (Å²) in [4.78, 5) is 16.6. The van der Waals surface area contributed by atoms with Gasteiger partial charge in [-0.25, -0.2) is 4.98 Å². The zero-order valence-electron chi connectivity index (χ0n) is 7.56. The lowest BCUT2D eigenvalue weighted by Crippen LogP contribution is -2.28. The maximum atomic E-state index is 11.4. The van der Waals surface area contributed by atoms with Gasteiger partial charge in [-0.1, -0.05) is 5.92 Å². The second-order valence-corrected chi connectivity index (χ2v) is 2.61. The number of nitrogens with zero attached hydrogens (tertiary/aromatic N) is 4. The lowest BCUT2D eigenvalue weighted by molar-refractivity contribution is 0.0800. The maximum absolute atomic E-state index is 11.4. The zero-order chi connectivity index (χ0) is 9.84. The molecule has 0 bridgehead atoms. The van der Waals surface area contributed by atoms with Gasteiger partial charge >= 0.3 is 0 Å². The van der Waals surface area contributed by atoms with Crippen LogP contribution in [0.2, 0.25) is 0 Å². The maximum Gasteiger partial charge on any atom is 0.294 e. The Balaban J connectivity index is 2.74. The average molecular weight is 178 g/mol. The third-order valence-electron chi connectivity index (χ3n) is 1.47. The molecule has 1 amide bonds. The molecular formula is C8H10N4O. The van der Waals surface area contributed by atoms with Gasteiger partial charge in [0.2, 0.25) is 5.82 Å². The van der Waals surface area contributed by atoms with E-state index in [9.17, 15) is 4.79 Å². The molecule has 1 aromatic heterocycles. The molecule has 0 radical (unpaired) electrons. The number of aryl methyl sites for hydroxylation is 1. The van der Waals surface area contributed by atoms with Gasteiger partial charge in [-0.15, -0.1) is 11.5 Å². The van der Waals surface area contributed by atoms with E-state index in [1.807, 2.05) is 0 Å². The molecule has 0 spiro atoms. The number of rotatable bonds is 2. The van der Waals surface area contributed by atoms with Gasteiger partial charge in [-0.2, -0.15) is 0 Å². The first-order valence-corrected chi connectivity index (χ1v) is 3.69. The Morgan fingerprint density at radius 3 is 3.00 bits per heavy atom. The summed E-state index contributed by atoms with van der Waals surface area (Å²) < 4.78 is 1.47. The minimum absolute atomic E-state index is 0.167. The molecule has 0 atom stereocenters. The monoisotopic (exact) mass is 178 g/mol. The van der Waals surface area contributed by atoms with Gasteiger partial charge in [-0.3, -0.25) is 9.48 Å². The van der Waals surface area contributed by atoms with Crippen LogP contribution >= 0.6 is 0 Å². The van der Waals surface area contributed by atoms with Gasteiger partial charge in [-0.05, 0) is 0 Å². The number of amides is 1. The molecular weight excluding hydrogens is 168 g/mol. The van der Waals surface area contributed by atoms with Crippen molar-refractivity contribution in [2.45, 2.75) is 0 Å². The lowest BCUT2D eigenvalue weighted by atomic mass is 10.5. The first-order chi connectivity index (χ1) is 6.15. The van der Waals surface area contributed by atoms with Gasteiger partial charge in [0.05, 0.1) is 6.54 Å². The van der Waals surface area contributed by atoms with Crippen molar-refractivity contribution in [1.29, 1.82) is 0 Å². The first kappa shape index (κ1) is 9.26. The Kier molecular flexibility index (Phi) is 2.65. The predicted octanol–water partition coefficient (Wildman–Crippen LogP) is -0.480. The molecule has 0 aliphatic heterocycles. The van der Waals surface area contributed by atoms with Crippen LogP contribution in [-0.4, -0.2) is 39.2 Å². The van der Waals surface area contributed by atoms with E-state index < -0.39 is 0 Å². The average Bonchev–Trinajstić information content (AvgIpc) is 2.51. The molecule has 1 heterocycles. The van der Waals surface area contributed by atoms with Crippen LogP contribution in [-0.2, 0) is 7.05 Å². The zero-order valence-corrected chi connectivity index (χ0v) is 7.56. The van der Waals surface area contributed by atoms with Crippen LogP contribution in [0.15, 0.2) is 6.33 Å². The highest BCUT2D eigenvalue weighted by Crippen LogP contribution is 1.94. The van der Waals surface area contributed by atoms with E-state index in [1.54, 1.807) is 14.1 Å². The summed E-state index contributed by atoms with van der Waals surface area (Å²) in [5.74, 6) is 2.27. The fourth-order valence-electron chi connectivity index (χ4n) is 0.817. The second kappa shape index (κ2) is 3.72. The van der Waals surface area contributed by atoms with Gasteiger partial charge in [0.15, 0.2) is 0 Å². The Labute approximate surface area is 76.4 Å². The lowest BCUT2D eigenvalue weighted by Gasteiger charge is -2.10. The third-order valence-corrected chi connectivity index (χ3v) is 1.47. The quantitative estimate of drug-likeness (QED) is 0.575. The molecule has 68 valence electrons. The predicted molar refractivity (Wildman–Crippen MR) is 46.8 cm³/mol. The molecule has 0 aromatic carbocycles. The fraction of sp³-hybridized carbons (Fsp3) is 0.375. The summed E-state index contributed by atoms with van der Waals surface area (Å²) in [6, 6.07) is 0. The highest BCUT2D eigenvalue weighted by atomic mass is 16.2. The number of terminal acetylenes is 1. The summed E-state index contributed by atoms with van der Waals surface area (Å²) in [6.45, 7) is 0.261. The van der Waals surface area contributed by atoms with Gasteiger partial charge in [0.25, 0.3) is 5.91 Å². The molecule has 0 N–H and O–H groups in total. The van der Waals surface area contributed by atoms with Crippen LogP contribution in [0.3, 0.4) is 0 Å². The van der Waals surface area contributed by atoms with E-state index in [0.29, 0.717) is 0 Å². The van der Waals surface area contributed by atoms with Crippen LogP contribution in [0.5, 0.6) is 0 Å². The Morgan fingerprint density at radius 2 is 2.54 bits per heavy atom. The van der Waals surface area contributed by atoms with E-state index in [2.05, 4.69) is 16.0 Å². The Morgan fingerprint density at radius 1 is 1.85 bits per heavy atom. The highest BCUT2D eigenvalue weighted by Gasteiger charge is 2.14. The van der Waals surface area contributed by atoms with Crippen LogP contribution in [0.25, 0.3) is 0 Å². The minimum Gasteiger partial charge on any atom is -0.328 e. The standard InChI is InChI=1S/C8H10N4O/c1-4-5-11(2)8(13)7-9-6-12(3)10-7/h1,6H,5H2,2-3H3. The second-order valence-electron chi connectivity index (χ2n) is 2.61. The summed E-state index contributed by atoms with van der Waals surface area (Å²) in [5, 5.41) is 3.86. The van der Waals surface area contributed by atoms with Crippen molar-refractivity contribution in [1.82, 2.24) is 19.7 Å². The summed E-state index contributed by atoms with van der Waals surface area (Å²) in [5.41, 5.74) is 0. The Bertz CT molecular complexity index is 349. The first-order valence-electron chi connectivity index (χ1n) is 3.69. The van der Waals surface area contributed by atoms with Crippen molar-refractivity contribution in [2.75, 3.05) is 13.6 Å². The molecule has 13 heavy (non-hydrogen) atoms. The molecule has 0 fully saturated rings. The topological polar surface area (TPSA) is 51.0 Å². The molecule has 5 heteroatoms. The van der Waals surface area contributed by atoms with Crippen LogP contribution in [0, 0.1) is 12.3 Å². The molecule has 0 saturated carbocycles. The van der Waals surface area contributed by atoms with E-state index >= 15 is 0 Å². The van der Waals surface area contributed by atoms with E-state index in [1.165, 1.54) is 15.9 Å². The summed E-state index contributed by atoms with van der Waals surface area (Å²) in [7, 11) is 3.31. The van der Waals surface area contributed by atoms with E-state index in [4.69, 9.17) is 6.42 Å². The van der Waals surface area contributed by atoms with Crippen molar-refractivity contribution in [2.24, 2.45) is 7.05 Å². The molecule has 0 unspecified atom stereocenters. The normalized spacial score (nSPS) is 9.31. The summed E-state index contributed by atoms with van der Waals surface area (Å²) in [6.07, 6.45) is 6.53. The van der Waals surface area contributed by atoms with Crippen LogP contribution in [0.1, 0.15) is 10.6 Å². The highest BCUT2D eigenvalue weighted by molar-refractivity contribution is 5.90. The molecule has 1 rings (SSSR count). The van der Waals surface area contributed by atoms with Gasteiger partial charge in [0, 0.05) is 14.1 Å². The van der Waals surface area contributed by atoms with Gasteiger partial charge < -0.3 is 4.90 Å². The van der Waals surface area contributed by atoms with Crippen molar-refractivity contribution in [3.63, 3.8) is 0 Å². The molecule has 0 aliphatic carbocycles. The number of hydrogen-bond donors (Lipinski definition) is 0. The molecule has 0 aliphatic rings. The van der Waals surface area contributed by atoms with Crippen molar-refractivity contribution >= 4 is 5.91 Å². The fourth-order valence-corrected chi connectivity index (χ4v) is 0.817. The number of aromatic nitrogens is 3. The van der Waals surface area contributed by atoms with Crippen LogP contribution in [0.4, 0.5) is 0 Å². The largest absolute Gasteiger partial charge is 0.328 e. The smallest absolute Gasteiger partial charge is 0.294 e. The number of carbonyl (C=O) groups excluding carboxylic acids is 1. The number of carbonyl (C=O) groups is 1. The molecule has 0 saturated heterocycles. The van der Waals surface area contributed by atoms with Crippen LogP contribution < -0.4 is 0 Å². The van der Waals surface area contributed by atoms with Crippen molar-refractivity contribution in [3.8, 4) is 12.3 Å². The Hall–Kier alpha value is -1.83. The van der Waals surface area contributed by atoms with E-state index in [0.717, 1.165) is 0 Å². The molecule has 5 nitrogen and oxygen atoms in total. The van der Waals surface area contributed by atoms with Crippen molar-refractivity contribution < 1.29 is 4.79 Å². The SMILES string of the molecule is C#CCN(C)C(=O)c1ncn(C)n1. The third kappa shape index (κ3) is 2.06. The van der Waals surface area contributed by atoms with Crippen molar-refractivity contribution in [3.05, 3.63) is 12.2 Å². The van der Waals surface area contributed by atoms with Gasteiger partial charge in [0.1, 0.15) is 6.33 Å².